The number of carbonyl (C=O) groups is 1. The van der Waals surface area contributed by atoms with Crippen molar-refractivity contribution in [1.82, 2.24) is 5.32 Å². The lowest BCUT2D eigenvalue weighted by molar-refractivity contribution is -0.150. The summed E-state index contributed by atoms with van der Waals surface area (Å²) in [6.07, 6.45) is 9.05. The Labute approximate surface area is 136 Å². The lowest BCUT2D eigenvalue weighted by atomic mass is 9.41. The van der Waals surface area contributed by atoms with Crippen LogP contribution in [0.2, 0.25) is 0 Å². The van der Waals surface area contributed by atoms with Crippen molar-refractivity contribution in [1.29, 1.82) is 0 Å². The maximum Gasteiger partial charge on any atom is 0.246 e. The van der Waals surface area contributed by atoms with Gasteiger partial charge in [0.1, 0.15) is 0 Å². The number of hydrogen-bond acceptors (Lipinski definition) is 1. The molecule has 4 rings (SSSR count). The zero-order chi connectivity index (χ0) is 16.1. The Balaban J connectivity index is 1.99. The van der Waals surface area contributed by atoms with Crippen LogP contribution in [0.3, 0.4) is 0 Å². The van der Waals surface area contributed by atoms with Crippen molar-refractivity contribution < 1.29 is 4.79 Å². The molecule has 2 unspecified atom stereocenters. The molecule has 0 aromatic heterocycles. The highest BCUT2D eigenvalue weighted by molar-refractivity contribution is 5.92. The predicted octanol–water partition coefficient (Wildman–Crippen LogP) is 4.70. The van der Waals surface area contributed by atoms with Gasteiger partial charge in [-0.05, 0) is 68.1 Å². The molecule has 0 aromatic rings. The third-order valence-corrected chi connectivity index (χ3v) is 7.23. The largest absolute Gasteiger partial charge is 0.346 e. The van der Waals surface area contributed by atoms with E-state index in [1.807, 2.05) is 6.92 Å². The molecule has 4 fully saturated rings. The molecular weight excluding hydrogens is 270 g/mol. The molecule has 0 saturated heterocycles. The van der Waals surface area contributed by atoms with Crippen LogP contribution in [0.1, 0.15) is 72.6 Å². The highest BCUT2D eigenvalue weighted by atomic mass is 16.1. The van der Waals surface area contributed by atoms with E-state index in [0.717, 1.165) is 5.92 Å². The van der Waals surface area contributed by atoms with Crippen LogP contribution in [0.25, 0.3) is 0 Å². The highest BCUT2D eigenvalue weighted by Crippen LogP contribution is 2.65. The van der Waals surface area contributed by atoms with Crippen LogP contribution in [-0.4, -0.2) is 11.4 Å². The Bertz CT molecular complexity index is 460. The molecule has 4 saturated carbocycles. The standard InChI is InChI=1S/C20H33NO/c1-6-15(7-2)20(21-18(22)13(3)4)16-8-14-9-17(20)12-19(5,10-14)11-16/h14-17H,3,6-12H2,1-2,4-5H3,(H,21,22). The topological polar surface area (TPSA) is 29.1 Å². The van der Waals surface area contributed by atoms with E-state index in [4.69, 9.17) is 0 Å². The van der Waals surface area contributed by atoms with Crippen LogP contribution in [-0.2, 0) is 4.79 Å². The minimum atomic E-state index is 0.0377. The summed E-state index contributed by atoms with van der Waals surface area (Å²) in [7, 11) is 0. The Morgan fingerprint density at radius 2 is 1.73 bits per heavy atom. The molecule has 2 nitrogen and oxygen atoms in total. The fourth-order valence-electron chi connectivity index (χ4n) is 6.67. The molecule has 4 bridgehead atoms. The van der Waals surface area contributed by atoms with Crippen molar-refractivity contribution in [3.63, 3.8) is 0 Å². The number of carbonyl (C=O) groups excluding carboxylic acids is 1. The van der Waals surface area contributed by atoms with Crippen molar-refractivity contribution in [2.24, 2.45) is 29.1 Å². The fraction of sp³-hybridized carbons (Fsp3) is 0.850. The molecule has 0 heterocycles. The van der Waals surface area contributed by atoms with Gasteiger partial charge < -0.3 is 5.32 Å². The summed E-state index contributed by atoms with van der Waals surface area (Å²) in [6, 6.07) is 0. The molecule has 0 radical (unpaired) electrons. The van der Waals surface area contributed by atoms with Crippen molar-refractivity contribution in [2.45, 2.75) is 78.2 Å². The maximum atomic E-state index is 12.5. The van der Waals surface area contributed by atoms with Crippen LogP contribution in [0, 0.1) is 29.1 Å². The average molecular weight is 303 g/mol. The highest BCUT2D eigenvalue weighted by Gasteiger charge is 2.62. The third kappa shape index (κ3) is 2.25. The second-order valence-electron chi connectivity index (χ2n) is 8.84. The Kier molecular flexibility index (Phi) is 3.94. The van der Waals surface area contributed by atoms with E-state index < -0.39 is 0 Å². The van der Waals surface area contributed by atoms with Gasteiger partial charge in [0.15, 0.2) is 0 Å². The Morgan fingerprint density at radius 1 is 1.18 bits per heavy atom. The number of hydrogen-bond donors (Lipinski definition) is 1. The second kappa shape index (κ2) is 5.39. The number of amides is 1. The van der Waals surface area contributed by atoms with E-state index >= 15 is 0 Å². The lowest BCUT2D eigenvalue weighted by Gasteiger charge is -2.67. The fourth-order valence-corrected chi connectivity index (χ4v) is 6.67. The molecule has 124 valence electrons. The molecule has 0 aliphatic heterocycles. The summed E-state index contributed by atoms with van der Waals surface area (Å²) >= 11 is 0. The van der Waals surface area contributed by atoms with E-state index in [9.17, 15) is 4.79 Å². The molecular formula is C20H33NO. The molecule has 2 atom stereocenters. The van der Waals surface area contributed by atoms with Gasteiger partial charge in [-0.1, -0.05) is 40.2 Å². The smallest absolute Gasteiger partial charge is 0.246 e. The maximum absolute atomic E-state index is 12.5. The van der Waals surface area contributed by atoms with Gasteiger partial charge in [0.25, 0.3) is 0 Å². The third-order valence-electron chi connectivity index (χ3n) is 7.23. The monoisotopic (exact) mass is 303 g/mol. The minimum absolute atomic E-state index is 0.0377. The van der Waals surface area contributed by atoms with Gasteiger partial charge in [-0.25, -0.2) is 0 Å². The summed E-state index contributed by atoms with van der Waals surface area (Å²) in [6.45, 7) is 12.8. The normalized spacial score (nSPS) is 42.7. The summed E-state index contributed by atoms with van der Waals surface area (Å²) in [5.74, 6) is 2.96. The first-order chi connectivity index (χ1) is 10.3. The van der Waals surface area contributed by atoms with E-state index in [1.165, 1.54) is 44.9 Å². The average Bonchev–Trinajstić information content (AvgIpc) is 2.43. The number of nitrogens with one attached hydrogen (secondary N) is 1. The van der Waals surface area contributed by atoms with Gasteiger partial charge in [0.05, 0.1) is 0 Å². The van der Waals surface area contributed by atoms with E-state index in [-0.39, 0.29) is 11.4 Å². The molecule has 2 heteroatoms. The molecule has 4 aliphatic rings. The first-order valence-corrected chi connectivity index (χ1v) is 9.32. The predicted molar refractivity (Wildman–Crippen MR) is 91.4 cm³/mol. The number of rotatable bonds is 5. The van der Waals surface area contributed by atoms with Crippen LogP contribution < -0.4 is 5.32 Å². The van der Waals surface area contributed by atoms with E-state index in [2.05, 4.69) is 32.7 Å². The van der Waals surface area contributed by atoms with Crippen LogP contribution in [0.5, 0.6) is 0 Å². The quantitative estimate of drug-likeness (QED) is 0.733. The van der Waals surface area contributed by atoms with Gasteiger partial charge >= 0.3 is 0 Å². The zero-order valence-corrected chi connectivity index (χ0v) is 14.9. The van der Waals surface area contributed by atoms with Crippen LogP contribution in [0.15, 0.2) is 12.2 Å². The first-order valence-electron chi connectivity index (χ1n) is 9.32. The first kappa shape index (κ1) is 16.1. The lowest BCUT2D eigenvalue weighted by Crippen LogP contribution is -2.70. The Hall–Kier alpha value is -0.790. The molecule has 0 aromatic carbocycles. The summed E-state index contributed by atoms with van der Waals surface area (Å²) in [5, 5.41) is 3.56. The van der Waals surface area contributed by atoms with Gasteiger partial charge in [0.2, 0.25) is 5.91 Å². The molecule has 1 N–H and O–H groups in total. The Morgan fingerprint density at radius 3 is 2.14 bits per heavy atom. The van der Waals surface area contributed by atoms with E-state index in [1.54, 1.807) is 0 Å². The van der Waals surface area contributed by atoms with Gasteiger partial charge in [0, 0.05) is 11.1 Å². The molecule has 1 amide bonds. The molecule has 0 spiro atoms. The van der Waals surface area contributed by atoms with Crippen molar-refractivity contribution in [3.8, 4) is 0 Å². The van der Waals surface area contributed by atoms with Gasteiger partial charge in [-0.2, -0.15) is 0 Å². The molecule has 4 aliphatic carbocycles. The summed E-state index contributed by atoms with van der Waals surface area (Å²) in [4.78, 5) is 12.5. The zero-order valence-electron chi connectivity index (χ0n) is 14.9. The van der Waals surface area contributed by atoms with Crippen LogP contribution in [0.4, 0.5) is 0 Å². The van der Waals surface area contributed by atoms with Crippen LogP contribution >= 0.6 is 0 Å². The molecule has 22 heavy (non-hydrogen) atoms. The van der Waals surface area contributed by atoms with E-state index in [0.29, 0.717) is 28.7 Å². The minimum Gasteiger partial charge on any atom is -0.346 e. The van der Waals surface area contributed by atoms with Crippen molar-refractivity contribution >= 4 is 5.91 Å². The van der Waals surface area contributed by atoms with Gasteiger partial charge in [-0.15, -0.1) is 0 Å². The van der Waals surface area contributed by atoms with Gasteiger partial charge in [-0.3, -0.25) is 4.79 Å². The van der Waals surface area contributed by atoms with Crippen molar-refractivity contribution in [3.05, 3.63) is 12.2 Å². The summed E-state index contributed by atoms with van der Waals surface area (Å²) < 4.78 is 0. The SMILES string of the molecule is C=C(C)C(=O)NC1(C(CC)CC)C2CC3CC1CC(C)(C3)C2. The van der Waals surface area contributed by atoms with Crippen molar-refractivity contribution in [2.75, 3.05) is 0 Å². The summed E-state index contributed by atoms with van der Waals surface area (Å²) in [5.41, 5.74) is 1.24. The second-order valence-corrected chi connectivity index (χ2v) is 8.84.